The Balaban J connectivity index is 1.87. The molecule has 0 radical (unpaired) electrons. The molecule has 1 unspecified atom stereocenters. The minimum absolute atomic E-state index is 0.101. The molecular formula is C27H22N4O8. The quantitative estimate of drug-likeness (QED) is 0.128. The van der Waals surface area contributed by atoms with E-state index in [0.717, 1.165) is 41.4 Å². The molecule has 0 aliphatic carbocycles. The first-order valence-electron chi connectivity index (χ1n) is 12.0. The summed E-state index contributed by atoms with van der Waals surface area (Å²) in [5, 5.41) is 23.6. The van der Waals surface area contributed by atoms with E-state index in [2.05, 4.69) is 0 Å². The first-order chi connectivity index (χ1) is 18.6. The largest absolute Gasteiger partial charge is 0.292 e. The Morgan fingerprint density at radius 3 is 1.77 bits per heavy atom. The van der Waals surface area contributed by atoms with Crippen LogP contribution in [0.5, 0.6) is 0 Å². The Kier molecular flexibility index (Phi) is 7.29. The smallest absolute Gasteiger partial charge is 0.280 e. The molecule has 4 rings (SSSR count). The van der Waals surface area contributed by atoms with Crippen molar-refractivity contribution in [1.82, 2.24) is 5.01 Å². The maximum absolute atomic E-state index is 14.1. The standard InChI is InChI=1S/C27H22N4O8/c1-2-3-17-27(23(32)18-9-13-21(14-10-18)30(36)37)25(34)28(20-7-5-4-6-8-20)29(26(27)35)24(33)19-11-15-22(16-12-19)31(38)39/h4-16H,2-3,17H2,1H3. The first kappa shape index (κ1) is 26.8. The summed E-state index contributed by atoms with van der Waals surface area (Å²) in [6.07, 6.45) is 0.611. The topological polar surface area (TPSA) is 161 Å². The Morgan fingerprint density at radius 2 is 1.28 bits per heavy atom. The molecule has 3 amide bonds. The van der Waals surface area contributed by atoms with E-state index < -0.39 is 38.8 Å². The number of hydrogen-bond acceptors (Lipinski definition) is 8. The SMILES string of the molecule is CCCCC1(C(=O)c2ccc([N+](=O)[O-])cc2)C(=O)N(C(=O)c2ccc([N+](=O)[O-])cc2)N(c2ccccc2)C1=O. The number of nitrogens with zero attached hydrogens (tertiary/aromatic N) is 4. The van der Waals surface area contributed by atoms with Crippen molar-refractivity contribution in [3.63, 3.8) is 0 Å². The number of hydrogen-bond donors (Lipinski definition) is 0. The minimum Gasteiger partial charge on any atom is -0.292 e. The molecular weight excluding hydrogens is 508 g/mol. The van der Waals surface area contributed by atoms with Crippen LogP contribution in [-0.4, -0.2) is 38.4 Å². The Hall–Kier alpha value is -5.26. The third kappa shape index (κ3) is 4.63. The number of non-ortho nitro benzene ring substituents is 2. The molecule has 12 nitrogen and oxygen atoms in total. The van der Waals surface area contributed by atoms with Crippen LogP contribution >= 0.6 is 0 Å². The van der Waals surface area contributed by atoms with Crippen LogP contribution in [0.25, 0.3) is 0 Å². The average Bonchev–Trinajstić information content (AvgIpc) is 3.18. The number of ketones is 1. The number of carbonyl (C=O) groups excluding carboxylic acids is 4. The second-order valence-electron chi connectivity index (χ2n) is 8.82. The maximum atomic E-state index is 14.1. The van der Waals surface area contributed by atoms with Crippen molar-refractivity contribution in [2.24, 2.45) is 5.41 Å². The summed E-state index contributed by atoms with van der Waals surface area (Å²) in [5.74, 6) is -3.86. The van der Waals surface area contributed by atoms with Crippen LogP contribution in [0.4, 0.5) is 17.1 Å². The zero-order valence-electron chi connectivity index (χ0n) is 20.7. The molecule has 1 saturated heterocycles. The number of imide groups is 1. The lowest BCUT2D eigenvalue weighted by molar-refractivity contribution is -0.385. The predicted molar refractivity (Wildman–Crippen MR) is 138 cm³/mol. The third-order valence-corrected chi connectivity index (χ3v) is 6.47. The summed E-state index contributed by atoms with van der Waals surface area (Å²) < 4.78 is 0. The van der Waals surface area contributed by atoms with Gasteiger partial charge in [0.2, 0.25) is 0 Å². The number of anilines is 1. The van der Waals surface area contributed by atoms with Crippen LogP contribution in [0.1, 0.15) is 46.9 Å². The fourth-order valence-corrected chi connectivity index (χ4v) is 4.41. The number of benzene rings is 3. The Morgan fingerprint density at radius 1 is 0.769 bits per heavy atom. The summed E-state index contributed by atoms with van der Waals surface area (Å²) in [6.45, 7) is 1.81. The van der Waals surface area contributed by atoms with Gasteiger partial charge in [0.25, 0.3) is 29.1 Å². The number of para-hydroxylation sites is 1. The molecule has 0 aromatic heterocycles. The number of carbonyl (C=O) groups is 4. The summed E-state index contributed by atoms with van der Waals surface area (Å²) in [6, 6.07) is 16.9. The second kappa shape index (κ2) is 10.6. The first-order valence-corrected chi connectivity index (χ1v) is 12.0. The van der Waals surface area contributed by atoms with E-state index in [0.29, 0.717) is 17.9 Å². The van der Waals surface area contributed by atoms with Crippen LogP contribution in [0.3, 0.4) is 0 Å². The predicted octanol–water partition coefficient (Wildman–Crippen LogP) is 4.49. The summed E-state index contributed by atoms with van der Waals surface area (Å²) in [7, 11) is 0. The highest BCUT2D eigenvalue weighted by Gasteiger charge is 2.64. The number of hydrazine groups is 1. The van der Waals surface area contributed by atoms with E-state index in [-0.39, 0.29) is 34.6 Å². The van der Waals surface area contributed by atoms with Crippen molar-refractivity contribution in [2.75, 3.05) is 5.01 Å². The van der Waals surface area contributed by atoms with Gasteiger partial charge in [-0.05, 0) is 42.8 Å². The van der Waals surface area contributed by atoms with Crippen molar-refractivity contribution >= 4 is 40.6 Å². The van der Waals surface area contributed by atoms with E-state index in [1.165, 1.54) is 24.3 Å². The van der Waals surface area contributed by atoms with Gasteiger partial charge in [-0.1, -0.05) is 38.0 Å². The fraction of sp³-hybridized carbons (Fsp3) is 0.185. The van der Waals surface area contributed by atoms with Crippen molar-refractivity contribution < 1.29 is 29.0 Å². The lowest BCUT2D eigenvalue weighted by Crippen LogP contribution is -2.46. The van der Waals surface area contributed by atoms with Crippen LogP contribution in [0.15, 0.2) is 78.9 Å². The number of nitro benzene ring substituents is 2. The summed E-state index contributed by atoms with van der Waals surface area (Å²) in [5.41, 5.74) is -2.92. The van der Waals surface area contributed by atoms with Crippen molar-refractivity contribution in [3.05, 3.63) is 110 Å². The van der Waals surface area contributed by atoms with Gasteiger partial charge < -0.3 is 0 Å². The van der Waals surface area contributed by atoms with Crippen molar-refractivity contribution in [1.29, 1.82) is 0 Å². The zero-order valence-corrected chi connectivity index (χ0v) is 20.7. The average molecular weight is 530 g/mol. The molecule has 198 valence electrons. The molecule has 0 saturated carbocycles. The number of amides is 3. The van der Waals surface area contributed by atoms with Gasteiger partial charge in [0.1, 0.15) is 0 Å². The molecule has 1 aliphatic rings. The number of nitro groups is 2. The Bertz CT molecular complexity index is 1470. The molecule has 1 fully saturated rings. The van der Waals surface area contributed by atoms with Gasteiger partial charge in [-0.2, -0.15) is 5.01 Å². The van der Waals surface area contributed by atoms with E-state index >= 15 is 0 Å². The van der Waals surface area contributed by atoms with E-state index in [4.69, 9.17) is 0 Å². The minimum atomic E-state index is -2.31. The lowest BCUT2D eigenvalue weighted by Gasteiger charge is -2.25. The Labute approximate surface area is 221 Å². The van der Waals surface area contributed by atoms with Gasteiger partial charge >= 0.3 is 0 Å². The highest BCUT2D eigenvalue weighted by Crippen LogP contribution is 2.43. The van der Waals surface area contributed by atoms with E-state index in [9.17, 15) is 39.4 Å². The molecule has 0 N–H and O–H groups in total. The number of Topliss-reactive ketones (excluding diaryl/α,β-unsaturated/α-hetero) is 1. The lowest BCUT2D eigenvalue weighted by atomic mass is 9.75. The number of unbranched alkanes of at least 4 members (excludes halogenated alkanes) is 1. The summed E-state index contributed by atoms with van der Waals surface area (Å²) in [4.78, 5) is 76.7. The maximum Gasteiger partial charge on any atom is 0.280 e. The molecule has 3 aromatic carbocycles. The second-order valence-corrected chi connectivity index (χ2v) is 8.82. The van der Waals surface area contributed by atoms with Gasteiger partial charge in [0, 0.05) is 35.4 Å². The monoisotopic (exact) mass is 530 g/mol. The molecule has 1 atom stereocenters. The normalized spacial score (nSPS) is 16.8. The molecule has 1 heterocycles. The van der Waals surface area contributed by atoms with Gasteiger partial charge in [0.15, 0.2) is 11.2 Å². The fourth-order valence-electron chi connectivity index (χ4n) is 4.41. The molecule has 39 heavy (non-hydrogen) atoms. The zero-order chi connectivity index (χ0) is 28.3. The van der Waals surface area contributed by atoms with Crippen LogP contribution in [0.2, 0.25) is 0 Å². The molecule has 0 bridgehead atoms. The molecule has 3 aromatic rings. The third-order valence-electron chi connectivity index (χ3n) is 6.47. The van der Waals surface area contributed by atoms with Gasteiger partial charge in [0.05, 0.1) is 15.5 Å². The van der Waals surface area contributed by atoms with E-state index in [1.54, 1.807) is 18.2 Å². The van der Waals surface area contributed by atoms with Crippen LogP contribution in [-0.2, 0) is 9.59 Å². The molecule has 12 heteroatoms. The molecule has 1 aliphatic heterocycles. The van der Waals surface area contributed by atoms with Crippen LogP contribution in [0, 0.1) is 25.6 Å². The highest BCUT2D eigenvalue weighted by molar-refractivity contribution is 6.37. The van der Waals surface area contributed by atoms with Crippen molar-refractivity contribution in [2.45, 2.75) is 26.2 Å². The van der Waals surface area contributed by atoms with E-state index in [1.807, 2.05) is 6.92 Å². The van der Waals surface area contributed by atoms with Crippen molar-refractivity contribution in [3.8, 4) is 0 Å². The van der Waals surface area contributed by atoms with Gasteiger partial charge in [-0.25, -0.2) is 5.01 Å². The molecule has 0 spiro atoms. The van der Waals surface area contributed by atoms with Crippen LogP contribution < -0.4 is 5.01 Å². The summed E-state index contributed by atoms with van der Waals surface area (Å²) >= 11 is 0. The number of rotatable bonds is 9. The van der Waals surface area contributed by atoms with Gasteiger partial charge in [-0.3, -0.25) is 39.4 Å². The van der Waals surface area contributed by atoms with Gasteiger partial charge in [-0.15, -0.1) is 0 Å². The highest BCUT2D eigenvalue weighted by atomic mass is 16.6.